The van der Waals surface area contributed by atoms with Gasteiger partial charge in [-0.05, 0) is 19.3 Å². The van der Waals surface area contributed by atoms with Gasteiger partial charge in [-0.3, -0.25) is 4.79 Å². The molecule has 0 aliphatic carbocycles. The van der Waals surface area contributed by atoms with E-state index in [-0.39, 0.29) is 18.8 Å². The number of ether oxygens (including phenoxy) is 1. The molecule has 5 atom stereocenters. The number of hydrogen-bond acceptors (Lipinski definition) is 5. The fourth-order valence-electron chi connectivity index (χ4n) is 3.43. The molecule has 0 aromatic heterocycles. The third-order valence-corrected chi connectivity index (χ3v) is 4.98. The maximum Gasteiger partial charge on any atom is 0.303 e. The molecule has 1 aliphatic rings. The van der Waals surface area contributed by atoms with E-state index in [0.717, 1.165) is 44.9 Å². The van der Waals surface area contributed by atoms with Crippen LogP contribution in [0.2, 0.25) is 0 Å². The summed E-state index contributed by atoms with van der Waals surface area (Å²) in [7, 11) is 0. The number of aliphatic carboxylic acids is 1. The van der Waals surface area contributed by atoms with Crippen LogP contribution in [0, 0.1) is 5.92 Å². The van der Waals surface area contributed by atoms with Crippen LogP contribution in [0.4, 0.5) is 0 Å². The van der Waals surface area contributed by atoms with Gasteiger partial charge in [0.2, 0.25) is 0 Å². The number of aliphatic hydroxyl groups is 3. The third-order valence-electron chi connectivity index (χ3n) is 4.98. The van der Waals surface area contributed by atoms with Gasteiger partial charge < -0.3 is 25.2 Å². The highest BCUT2D eigenvalue weighted by molar-refractivity contribution is 5.66. The molecule has 1 aliphatic heterocycles. The Labute approximate surface area is 156 Å². The van der Waals surface area contributed by atoms with Crippen molar-refractivity contribution >= 4 is 5.97 Å². The first kappa shape index (κ1) is 23.1. The van der Waals surface area contributed by atoms with E-state index in [2.05, 4.69) is 6.92 Å². The van der Waals surface area contributed by atoms with Crippen molar-refractivity contribution in [3.63, 3.8) is 0 Å². The molecule has 0 aromatic carbocycles. The number of aliphatic hydroxyl groups excluding tert-OH is 3. The zero-order valence-corrected chi connectivity index (χ0v) is 15.9. The van der Waals surface area contributed by atoms with Crippen molar-refractivity contribution in [3.8, 4) is 0 Å². The molecule has 0 saturated carbocycles. The van der Waals surface area contributed by atoms with Crippen LogP contribution in [0.15, 0.2) is 12.2 Å². The molecule has 6 heteroatoms. The Morgan fingerprint density at radius 3 is 2.58 bits per heavy atom. The van der Waals surface area contributed by atoms with Crippen LogP contribution in [-0.2, 0) is 9.53 Å². The van der Waals surface area contributed by atoms with Gasteiger partial charge in [0.1, 0.15) is 0 Å². The maximum atomic E-state index is 10.5. The Hall–Kier alpha value is -0.950. The maximum absolute atomic E-state index is 10.5. The van der Waals surface area contributed by atoms with E-state index in [0.29, 0.717) is 12.8 Å². The van der Waals surface area contributed by atoms with Gasteiger partial charge >= 0.3 is 5.97 Å². The minimum Gasteiger partial charge on any atom is -0.481 e. The summed E-state index contributed by atoms with van der Waals surface area (Å²) in [6.07, 6.45) is 9.27. The summed E-state index contributed by atoms with van der Waals surface area (Å²) in [6, 6.07) is 0. The second-order valence-corrected chi connectivity index (χ2v) is 7.32. The van der Waals surface area contributed by atoms with Crippen molar-refractivity contribution in [1.82, 2.24) is 0 Å². The number of hydrogen-bond donors (Lipinski definition) is 4. The van der Waals surface area contributed by atoms with Crippen LogP contribution in [-0.4, -0.2) is 51.0 Å². The van der Waals surface area contributed by atoms with Crippen LogP contribution < -0.4 is 0 Å². The van der Waals surface area contributed by atoms with E-state index in [9.17, 15) is 20.1 Å². The number of carbonyl (C=O) groups is 1. The average Bonchev–Trinajstić information content (AvgIpc) is 2.57. The van der Waals surface area contributed by atoms with Crippen LogP contribution in [0.3, 0.4) is 0 Å². The number of unbranched alkanes of at least 4 members (excludes halogenated alkanes) is 5. The molecule has 0 unspecified atom stereocenters. The zero-order valence-electron chi connectivity index (χ0n) is 15.9. The molecule has 26 heavy (non-hydrogen) atoms. The lowest BCUT2D eigenvalue weighted by atomic mass is 9.85. The largest absolute Gasteiger partial charge is 0.481 e. The van der Waals surface area contributed by atoms with Gasteiger partial charge in [0.15, 0.2) is 6.29 Å². The fourth-order valence-corrected chi connectivity index (χ4v) is 3.43. The SMILES string of the molecule is CCCCC[C@H](O)/C=C/[C@H]1O[C@@H](O)C[C@H](O)[C@@H]1CCCCCCC(=O)O. The van der Waals surface area contributed by atoms with Crippen molar-refractivity contribution < 1.29 is 30.0 Å². The van der Waals surface area contributed by atoms with Crippen LogP contribution in [0.25, 0.3) is 0 Å². The molecule has 0 radical (unpaired) electrons. The number of carboxylic acid groups (broad SMARTS) is 1. The van der Waals surface area contributed by atoms with Gasteiger partial charge in [-0.25, -0.2) is 0 Å². The van der Waals surface area contributed by atoms with E-state index in [1.54, 1.807) is 12.2 Å². The van der Waals surface area contributed by atoms with E-state index in [1.807, 2.05) is 0 Å². The van der Waals surface area contributed by atoms with Gasteiger partial charge in [-0.1, -0.05) is 57.6 Å². The quantitative estimate of drug-likeness (QED) is 0.292. The summed E-state index contributed by atoms with van der Waals surface area (Å²) < 4.78 is 5.57. The minimum absolute atomic E-state index is 0.114. The highest BCUT2D eigenvalue weighted by Crippen LogP contribution is 2.30. The van der Waals surface area contributed by atoms with Crippen LogP contribution >= 0.6 is 0 Å². The van der Waals surface area contributed by atoms with Crippen LogP contribution in [0.5, 0.6) is 0 Å². The van der Waals surface area contributed by atoms with Crippen molar-refractivity contribution in [3.05, 3.63) is 12.2 Å². The third kappa shape index (κ3) is 9.67. The molecule has 4 N–H and O–H groups in total. The lowest BCUT2D eigenvalue weighted by molar-refractivity contribution is -0.201. The van der Waals surface area contributed by atoms with E-state index in [1.165, 1.54) is 0 Å². The first-order chi connectivity index (χ1) is 12.4. The van der Waals surface area contributed by atoms with Gasteiger partial charge in [0.05, 0.1) is 18.3 Å². The molecule has 1 heterocycles. The normalized spacial score (nSPS) is 27.7. The lowest BCUT2D eigenvalue weighted by Gasteiger charge is -2.37. The molecule has 152 valence electrons. The molecular formula is C20H36O6. The van der Waals surface area contributed by atoms with Crippen molar-refractivity contribution in [2.45, 2.75) is 102 Å². The first-order valence-electron chi connectivity index (χ1n) is 10.0. The Bertz CT molecular complexity index is 411. The minimum atomic E-state index is -0.983. The summed E-state index contributed by atoms with van der Waals surface area (Å²) in [5.41, 5.74) is 0. The monoisotopic (exact) mass is 372 g/mol. The smallest absolute Gasteiger partial charge is 0.303 e. The molecular weight excluding hydrogens is 336 g/mol. The van der Waals surface area contributed by atoms with Gasteiger partial charge in [-0.15, -0.1) is 0 Å². The summed E-state index contributed by atoms with van der Waals surface area (Å²) in [6.45, 7) is 2.12. The van der Waals surface area contributed by atoms with Crippen molar-refractivity contribution in [1.29, 1.82) is 0 Å². The fraction of sp³-hybridized carbons (Fsp3) is 0.850. The Kier molecular flexibility index (Phi) is 11.8. The van der Waals surface area contributed by atoms with Gasteiger partial charge in [0, 0.05) is 18.8 Å². The van der Waals surface area contributed by atoms with Crippen molar-refractivity contribution in [2.24, 2.45) is 5.92 Å². The molecule has 0 amide bonds. The second-order valence-electron chi connectivity index (χ2n) is 7.32. The number of carboxylic acids is 1. The summed E-state index contributed by atoms with van der Waals surface area (Å²) >= 11 is 0. The van der Waals surface area contributed by atoms with E-state index >= 15 is 0 Å². The Morgan fingerprint density at radius 2 is 1.88 bits per heavy atom. The van der Waals surface area contributed by atoms with Crippen molar-refractivity contribution in [2.75, 3.05) is 0 Å². The van der Waals surface area contributed by atoms with Gasteiger partial charge in [-0.2, -0.15) is 0 Å². The second kappa shape index (κ2) is 13.3. The van der Waals surface area contributed by atoms with E-state index < -0.39 is 30.6 Å². The highest BCUT2D eigenvalue weighted by atomic mass is 16.6. The summed E-state index contributed by atoms with van der Waals surface area (Å²) in [5, 5.41) is 38.7. The molecule has 0 aromatic rings. The predicted octanol–water partition coefficient (Wildman–Crippen LogP) is 2.99. The first-order valence-corrected chi connectivity index (χ1v) is 10.0. The summed E-state index contributed by atoms with van der Waals surface area (Å²) in [4.78, 5) is 10.5. The molecule has 1 fully saturated rings. The Morgan fingerprint density at radius 1 is 1.15 bits per heavy atom. The Balaban J connectivity index is 2.44. The van der Waals surface area contributed by atoms with Gasteiger partial charge in [0.25, 0.3) is 0 Å². The topological polar surface area (TPSA) is 107 Å². The number of rotatable bonds is 13. The molecule has 1 rings (SSSR count). The molecule has 1 saturated heterocycles. The molecule has 6 nitrogen and oxygen atoms in total. The lowest BCUT2D eigenvalue weighted by Crippen LogP contribution is -2.43. The molecule has 0 spiro atoms. The summed E-state index contributed by atoms with van der Waals surface area (Å²) in [5.74, 6) is -0.880. The average molecular weight is 373 g/mol. The zero-order chi connectivity index (χ0) is 19.4. The molecule has 0 bridgehead atoms. The van der Waals surface area contributed by atoms with Crippen LogP contribution in [0.1, 0.15) is 77.6 Å². The standard InChI is InChI=1S/C20H36O6/c1-2-3-6-9-15(21)12-13-18-16(17(22)14-20(25)26-18)10-7-4-5-8-11-19(23)24/h12-13,15-18,20-22,25H,2-11,14H2,1H3,(H,23,24)/b13-12+/t15-,16-,17-,18+,20+/m0/s1. The predicted molar refractivity (Wildman–Crippen MR) is 99.6 cm³/mol. The highest BCUT2D eigenvalue weighted by Gasteiger charge is 2.35. The van der Waals surface area contributed by atoms with E-state index in [4.69, 9.17) is 9.84 Å².